The summed E-state index contributed by atoms with van der Waals surface area (Å²) in [5, 5.41) is 13.6. The fourth-order valence-corrected chi connectivity index (χ4v) is 3.81. The zero-order valence-electron chi connectivity index (χ0n) is 13.8. The van der Waals surface area contributed by atoms with Crippen LogP contribution in [0.1, 0.15) is 41.6 Å². The molecule has 1 saturated carbocycles. The van der Waals surface area contributed by atoms with E-state index in [1.54, 1.807) is 18.0 Å². The van der Waals surface area contributed by atoms with Crippen molar-refractivity contribution < 1.29 is 9.90 Å². The number of rotatable bonds is 5. The van der Waals surface area contributed by atoms with Gasteiger partial charge in [0.2, 0.25) is 0 Å². The van der Waals surface area contributed by atoms with E-state index in [1.165, 1.54) is 0 Å². The average molecular weight is 345 g/mol. The van der Waals surface area contributed by atoms with Crippen LogP contribution >= 0.6 is 11.8 Å². The molecule has 1 aliphatic rings. The highest BCUT2D eigenvalue weighted by atomic mass is 32.2. The van der Waals surface area contributed by atoms with Gasteiger partial charge in [0.25, 0.3) is 5.91 Å². The number of hydrogen-bond acceptors (Lipinski definition) is 4. The second-order valence-electron chi connectivity index (χ2n) is 6.29. The summed E-state index contributed by atoms with van der Waals surface area (Å²) in [6, 6.07) is 7.93. The van der Waals surface area contributed by atoms with Crippen LogP contribution in [0.5, 0.6) is 0 Å². The van der Waals surface area contributed by atoms with Gasteiger partial charge in [0.1, 0.15) is 0 Å². The first-order chi connectivity index (χ1) is 11.6. The Labute approximate surface area is 146 Å². The SMILES string of the molecule is Cn1ccnc1SCc1cccc(C(=O)NC2CCC(O)CC2)c1. The van der Waals surface area contributed by atoms with E-state index in [-0.39, 0.29) is 18.1 Å². The van der Waals surface area contributed by atoms with Gasteiger partial charge in [-0.3, -0.25) is 4.79 Å². The van der Waals surface area contributed by atoms with Crippen LogP contribution in [-0.2, 0) is 12.8 Å². The highest BCUT2D eigenvalue weighted by molar-refractivity contribution is 7.98. The summed E-state index contributed by atoms with van der Waals surface area (Å²) in [7, 11) is 1.97. The van der Waals surface area contributed by atoms with Crippen molar-refractivity contribution in [3.05, 3.63) is 47.8 Å². The number of hydrogen-bond donors (Lipinski definition) is 2. The van der Waals surface area contributed by atoms with E-state index in [0.717, 1.165) is 42.2 Å². The molecule has 0 bridgehead atoms. The maximum absolute atomic E-state index is 12.4. The predicted molar refractivity (Wildman–Crippen MR) is 94.9 cm³/mol. The second-order valence-corrected chi connectivity index (χ2v) is 7.23. The molecule has 1 heterocycles. The number of aromatic nitrogens is 2. The molecule has 3 rings (SSSR count). The summed E-state index contributed by atoms with van der Waals surface area (Å²) in [5.74, 6) is 0.752. The largest absolute Gasteiger partial charge is 0.393 e. The summed E-state index contributed by atoms with van der Waals surface area (Å²) >= 11 is 1.66. The molecule has 1 fully saturated rings. The number of benzene rings is 1. The van der Waals surface area contributed by atoms with Crippen LogP contribution in [0, 0.1) is 0 Å². The molecule has 2 N–H and O–H groups in total. The molecule has 0 aliphatic heterocycles. The standard InChI is InChI=1S/C18H23N3O2S/c1-21-10-9-19-18(21)24-12-13-3-2-4-14(11-13)17(23)20-15-5-7-16(22)8-6-15/h2-4,9-11,15-16,22H,5-8,12H2,1H3,(H,20,23). The van der Waals surface area contributed by atoms with Gasteiger partial charge in [-0.05, 0) is 43.4 Å². The minimum Gasteiger partial charge on any atom is -0.393 e. The van der Waals surface area contributed by atoms with Crippen LogP contribution in [0.25, 0.3) is 0 Å². The summed E-state index contributed by atoms with van der Waals surface area (Å²) in [6.45, 7) is 0. The molecule has 1 amide bonds. The fourth-order valence-electron chi connectivity index (χ4n) is 2.93. The normalized spacial score (nSPS) is 20.8. The molecule has 5 nitrogen and oxygen atoms in total. The van der Waals surface area contributed by atoms with Crippen molar-refractivity contribution in [2.75, 3.05) is 0 Å². The van der Waals surface area contributed by atoms with E-state index in [9.17, 15) is 9.90 Å². The smallest absolute Gasteiger partial charge is 0.251 e. The van der Waals surface area contributed by atoms with E-state index >= 15 is 0 Å². The third-order valence-corrected chi connectivity index (χ3v) is 5.50. The molecule has 6 heteroatoms. The van der Waals surface area contributed by atoms with Crippen molar-refractivity contribution in [3.8, 4) is 0 Å². The molecular formula is C18H23N3O2S. The molecule has 1 aromatic heterocycles. The minimum absolute atomic E-state index is 0.0276. The lowest BCUT2D eigenvalue weighted by atomic mass is 9.93. The van der Waals surface area contributed by atoms with Crippen molar-refractivity contribution in [1.82, 2.24) is 14.9 Å². The number of nitrogens with one attached hydrogen (secondary N) is 1. The van der Waals surface area contributed by atoms with Gasteiger partial charge in [-0.2, -0.15) is 0 Å². The first-order valence-corrected chi connectivity index (χ1v) is 9.28. The van der Waals surface area contributed by atoms with Crippen molar-refractivity contribution in [3.63, 3.8) is 0 Å². The minimum atomic E-state index is -0.204. The summed E-state index contributed by atoms with van der Waals surface area (Å²) in [4.78, 5) is 16.7. The van der Waals surface area contributed by atoms with Crippen LogP contribution in [0.15, 0.2) is 41.8 Å². The maximum Gasteiger partial charge on any atom is 0.251 e. The zero-order valence-corrected chi connectivity index (χ0v) is 14.6. The zero-order chi connectivity index (χ0) is 16.9. The molecule has 24 heavy (non-hydrogen) atoms. The van der Waals surface area contributed by atoms with E-state index in [2.05, 4.69) is 10.3 Å². The summed E-state index contributed by atoms with van der Waals surface area (Å²) in [6.07, 6.45) is 6.74. The van der Waals surface area contributed by atoms with E-state index in [4.69, 9.17) is 0 Å². The van der Waals surface area contributed by atoms with Gasteiger partial charge in [-0.1, -0.05) is 23.9 Å². The molecule has 0 atom stereocenters. The van der Waals surface area contributed by atoms with Crippen molar-refractivity contribution in [2.24, 2.45) is 7.05 Å². The first kappa shape index (κ1) is 17.0. The first-order valence-electron chi connectivity index (χ1n) is 8.30. The predicted octanol–water partition coefficient (Wildman–Crippen LogP) is 2.75. The Bertz CT molecular complexity index is 693. The van der Waals surface area contributed by atoms with Crippen LogP contribution in [0.3, 0.4) is 0 Å². The highest BCUT2D eigenvalue weighted by Gasteiger charge is 2.21. The van der Waals surface area contributed by atoms with Gasteiger partial charge < -0.3 is 15.0 Å². The lowest BCUT2D eigenvalue weighted by Crippen LogP contribution is -2.38. The number of aliphatic hydroxyl groups is 1. The Morgan fingerprint density at radius 3 is 2.88 bits per heavy atom. The molecule has 2 aromatic rings. The number of aliphatic hydroxyl groups excluding tert-OH is 1. The molecule has 0 saturated heterocycles. The molecule has 1 aromatic carbocycles. The Morgan fingerprint density at radius 2 is 2.17 bits per heavy atom. The number of amides is 1. The monoisotopic (exact) mass is 345 g/mol. The fraction of sp³-hybridized carbons (Fsp3) is 0.444. The molecule has 128 valence electrons. The van der Waals surface area contributed by atoms with Crippen LogP contribution < -0.4 is 5.32 Å². The third-order valence-electron chi connectivity index (χ3n) is 4.37. The topological polar surface area (TPSA) is 67.2 Å². The Kier molecular flexibility index (Phi) is 5.58. The number of imidazole rings is 1. The Morgan fingerprint density at radius 1 is 1.38 bits per heavy atom. The lowest BCUT2D eigenvalue weighted by molar-refractivity contribution is 0.0867. The van der Waals surface area contributed by atoms with Gasteiger partial charge >= 0.3 is 0 Å². The molecular weight excluding hydrogens is 322 g/mol. The van der Waals surface area contributed by atoms with Gasteiger partial charge in [-0.15, -0.1) is 0 Å². The molecule has 0 unspecified atom stereocenters. The van der Waals surface area contributed by atoms with E-state index in [0.29, 0.717) is 5.56 Å². The Balaban J connectivity index is 1.58. The maximum atomic E-state index is 12.4. The van der Waals surface area contributed by atoms with Crippen LogP contribution in [0.4, 0.5) is 0 Å². The average Bonchev–Trinajstić information content (AvgIpc) is 3.00. The molecule has 0 radical (unpaired) electrons. The quantitative estimate of drug-likeness (QED) is 0.818. The van der Waals surface area contributed by atoms with Gasteiger partial charge in [-0.25, -0.2) is 4.98 Å². The number of thioether (sulfide) groups is 1. The van der Waals surface area contributed by atoms with E-state index in [1.807, 2.05) is 42.1 Å². The third kappa shape index (κ3) is 4.39. The van der Waals surface area contributed by atoms with Crippen molar-refractivity contribution in [1.29, 1.82) is 0 Å². The van der Waals surface area contributed by atoms with Crippen molar-refractivity contribution >= 4 is 17.7 Å². The van der Waals surface area contributed by atoms with Gasteiger partial charge in [0, 0.05) is 36.8 Å². The molecule has 1 aliphatic carbocycles. The summed E-state index contributed by atoms with van der Waals surface area (Å²) < 4.78 is 1.98. The van der Waals surface area contributed by atoms with Gasteiger partial charge in [0.15, 0.2) is 5.16 Å². The molecule has 0 spiro atoms. The number of carbonyl (C=O) groups is 1. The van der Waals surface area contributed by atoms with Gasteiger partial charge in [0.05, 0.1) is 6.10 Å². The summed E-state index contributed by atoms with van der Waals surface area (Å²) in [5.41, 5.74) is 1.80. The van der Waals surface area contributed by atoms with E-state index < -0.39 is 0 Å². The highest BCUT2D eigenvalue weighted by Crippen LogP contribution is 2.22. The van der Waals surface area contributed by atoms with Crippen LogP contribution in [-0.4, -0.2) is 32.7 Å². The lowest BCUT2D eigenvalue weighted by Gasteiger charge is -2.26. The number of nitrogens with zero attached hydrogens (tertiary/aromatic N) is 2. The number of carbonyl (C=O) groups excluding carboxylic acids is 1. The van der Waals surface area contributed by atoms with Crippen molar-refractivity contribution in [2.45, 2.75) is 48.7 Å². The Hall–Kier alpha value is -1.79. The second kappa shape index (κ2) is 7.85. The van der Waals surface area contributed by atoms with Crippen LogP contribution in [0.2, 0.25) is 0 Å². The number of aryl methyl sites for hydroxylation is 1.